The number of isocyanates is 1. The fraction of sp³-hybridized carbons (Fsp3) is 0.889. The van der Waals surface area contributed by atoms with Gasteiger partial charge >= 0.3 is 0 Å². The van der Waals surface area contributed by atoms with Crippen LogP contribution in [0.3, 0.4) is 0 Å². The summed E-state index contributed by atoms with van der Waals surface area (Å²) in [7, 11) is 0. The molecule has 68 valence electrons. The molecule has 0 aromatic carbocycles. The third kappa shape index (κ3) is 2.16. The summed E-state index contributed by atoms with van der Waals surface area (Å²) in [5.74, 6) is 0.465. The Morgan fingerprint density at radius 2 is 2.00 bits per heavy atom. The first kappa shape index (κ1) is 9.43. The van der Waals surface area contributed by atoms with Gasteiger partial charge in [0.25, 0.3) is 0 Å². The number of hydrogen-bond donors (Lipinski definition) is 0. The second-order valence-electron chi connectivity index (χ2n) is 3.74. The molecule has 1 heterocycles. The van der Waals surface area contributed by atoms with Crippen LogP contribution in [0, 0.1) is 5.92 Å². The average Bonchev–Trinajstić information content (AvgIpc) is 2.06. The molecule has 0 amide bonds. The molecular formula is C9H15NO2. The van der Waals surface area contributed by atoms with Crippen molar-refractivity contribution in [1.82, 2.24) is 0 Å². The smallest absolute Gasteiger partial charge is 0.235 e. The van der Waals surface area contributed by atoms with Gasteiger partial charge in [0, 0.05) is 13.2 Å². The van der Waals surface area contributed by atoms with Crippen LogP contribution in [-0.4, -0.2) is 24.8 Å². The van der Waals surface area contributed by atoms with Crippen molar-refractivity contribution in [2.45, 2.75) is 32.2 Å². The number of ether oxygens (including phenoxy) is 1. The maximum atomic E-state index is 10.1. The molecule has 0 aromatic heterocycles. The predicted octanol–water partition coefficient (Wildman–Crippen LogP) is 1.53. The van der Waals surface area contributed by atoms with E-state index in [1.165, 1.54) is 0 Å². The maximum absolute atomic E-state index is 10.1. The summed E-state index contributed by atoms with van der Waals surface area (Å²) in [4.78, 5) is 14.0. The van der Waals surface area contributed by atoms with Crippen molar-refractivity contribution in [2.75, 3.05) is 13.2 Å². The Labute approximate surface area is 72.8 Å². The molecule has 0 radical (unpaired) electrons. The summed E-state index contributed by atoms with van der Waals surface area (Å²) in [5, 5.41) is 0. The van der Waals surface area contributed by atoms with Crippen molar-refractivity contribution in [3.05, 3.63) is 0 Å². The lowest BCUT2D eigenvalue weighted by molar-refractivity contribution is 0.0459. The molecular weight excluding hydrogens is 154 g/mol. The fourth-order valence-corrected chi connectivity index (χ4v) is 1.61. The molecule has 0 N–H and O–H groups in total. The molecule has 0 aromatic rings. The molecule has 1 saturated heterocycles. The van der Waals surface area contributed by atoms with Crippen LogP contribution in [-0.2, 0) is 9.53 Å². The van der Waals surface area contributed by atoms with Crippen LogP contribution in [0.25, 0.3) is 0 Å². The molecule has 1 aliphatic rings. The van der Waals surface area contributed by atoms with Gasteiger partial charge in [0.1, 0.15) is 0 Å². The molecule has 0 aliphatic carbocycles. The van der Waals surface area contributed by atoms with Crippen molar-refractivity contribution in [3.8, 4) is 0 Å². The summed E-state index contributed by atoms with van der Waals surface area (Å²) in [6.07, 6.45) is 3.64. The highest BCUT2D eigenvalue weighted by Gasteiger charge is 2.30. The zero-order chi connectivity index (χ0) is 9.03. The normalized spacial score (nSPS) is 20.2. The summed E-state index contributed by atoms with van der Waals surface area (Å²) in [5.41, 5.74) is -0.258. The minimum Gasteiger partial charge on any atom is -0.381 e. The van der Waals surface area contributed by atoms with Crippen LogP contribution < -0.4 is 0 Å². The molecule has 12 heavy (non-hydrogen) atoms. The van der Waals surface area contributed by atoms with Gasteiger partial charge in [-0.25, -0.2) is 4.79 Å². The number of aliphatic imine (C=N–C) groups is 1. The second-order valence-corrected chi connectivity index (χ2v) is 3.74. The standard InChI is InChI=1S/C9H15NO2/c1-9(2,10-7-11)8-3-5-12-6-4-8/h8H,3-6H2,1-2H3. The average molecular weight is 169 g/mol. The zero-order valence-electron chi connectivity index (χ0n) is 7.67. The third-order valence-electron chi connectivity index (χ3n) is 2.55. The van der Waals surface area contributed by atoms with E-state index in [9.17, 15) is 4.79 Å². The molecule has 3 nitrogen and oxygen atoms in total. The Hall–Kier alpha value is -0.660. The lowest BCUT2D eigenvalue weighted by atomic mass is 9.82. The summed E-state index contributed by atoms with van der Waals surface area (Å²) in [6, 6.07) is 0. The molecule has 1 rings (SSSR count). The monoisotopic (exact) mass is 169 g/mol. The van der Waals surface area contributed by atoms with Crippen molar-refractivity contribution in [1.29, 1.82) is 0 Å². The van der Waals surface area contributed by atoms with E-state index in [-0.39, 0.29) is 5.54 Å². The van der Waals surface area contributed by atoms with Gasteiger partial charge in [0.15, 0.2) is 0 Å². The fourth-order valence-electron chi connectivity index (χ4n) is 1.61. The van der Waals surface area contributed by atoms with Gasteiger partial charge in [0.2, 0.25) is 6.08 Å². The van der Waals surface area contributed by atoms with Crippen LogP contribution in [0.15, 0.2) is 4.99 Å². The largest absolute Gasteiger partial charge is 0.381 e. The highest BCUT2D eigenvalue weighted by molar-refractivity contribution is 5.34. The minimum absolute atomic E-state index is 0.258. The van der Waals surface area contributed by atoms with E-state index in [1.807, 2.05) is 13.8 Å². The second kappa shape index (κ2) is 3.83. The van der Waals surface area contributed by atoms with Gasteiger partial charge in [0.05, 0.1) is 5.54 Å². The van der Waals surface area contributed by atoms with Gasteiger partial charge in [-0.05, 0) is 32.6 Å². The highest BCUT2D eigenvalue weighted by atomic mass is 16.5. The van der Waals surface area contributed by atoms with Crippen molar-refractivity contribution >= 4 is 6.08 Å². The van der Waals surface area contributed by atoms with E-state index in [0.717, 1.165) is 26.1 Å². The van der Waals surface area contributed by atoms with E-state index >= 15 is 0 Å². The van der Waals surface area contributed by atoms with E-state index in [2.05, 4.69) is 4.99 Å². The molecule has 0 spiro atoms. The molecule has 3 heteroatoms. The first-order valence-electron chi connectivity index (χ1n) is 4.33. The van der Waals surface area contributed by atoms with Crippen LogP contribution >= 0.6 is 0 Å². The third-order valence-corrected chi connectivity index (χ3v) is 2.55. The number of rotatable bonds is 2. The van der Waals surface area contributed by atoms with Gasteiger partial charge in [-0.3, -0.25) is 0 Å². The van der Waals surface area contributed by atoms with Crippen molar-refractivity contribution < 1.29 is 9.53 Å². The molecule has 0 atom stereocenters. The summed E-state index contributed by atoms with van der Waals surface area (Å²) < 4.78 is 5.23. The highest BCUT2D eigenvalue weighted by Crippen LogP contribution is 2.29. The van der Waals surface area contributed by atoms with Gasteiger partial charge in [-0.1, -0.05) is 0 Å². The topological polar surface area (TPSA) is 38.7 Å². The zero-order valence-corrected chi connectivity index (χ0v) is 7.67. The summed E-state index contributed by atoms with van der Waals surface area (Å²) in [6.45, 7) is 5.55. The molecule has 0 saturated carbocycles. The Kier molecular flexibility index (Phi) is 3.01. The minimum atomic E-state index is -0.258. The lowest BCUT2D eigenvalue weighted by Gasteiger charge is -2.32. The van der Waals surface area contributed by atoms with Gasteiger partial charge in [-0.15, -0.1) is 0 Å². The number of hydrogen-bond acceptors (Lipinski definition) is 3. The molecule has 1 fully saturated rings. The lowest BCUT2D eigenvalue weighted by Crippen LogP contribution is -2.33. The van der Waals surface area contributed by atoms with Gasteiger partial charge in [-0.2, -0.15) is 4.99 Å². The molecule has 0 unspecified atom stereocenters. The van der Waals surface area contributed by atoms with Crippen LogP contribution in [0.2, 0.25) is 0 Å². The number of nitrogens with zero attached hydrogens (tertiary/aromatic N) is 1. The summed E-state index contributed by atoms with van der Waals surface area (Å²) >= 11 is 0. The van der Waals surface area contributed by atoms with E-state index in [1.54, 1.807) is 6.08 Å². The van der Waals surface area contributed by atoms with Crippen molar-refractivity contribution in [3.63, 3.8) is 0 Å². The van der Waals surface area contributed by atoms with Crippen LogP contribution in [0.4, 0.5) is 0 Å². The first-order valence-corrected chi connectivity index (χ1v) is 4.33. The predicted molar refractivity (Wildman–Crippen MR) is 45.7 cm³/mol. The van der Waals surface area contributed by atoms with E-state index in [4.69, 9.17) is 4.74 Å². The van der Waals surface area contributed by atoms with Crippen LogP contribution in [0.5, 0.6) is 0 Å². The Balaban J connectivity index is 2.59. The van der Waals surface area contributed by atoms with E-state index in [0.29, 0.717) is 5.92 Å². The maximum Gasteiger partial charge on any atom is 0.235 e. The van der Waals surface area contributed by atoms with Crippen LogP contribution in [0.1, 0.15) is 26.7 Å². The first-order chi connectivity index (χ1) is 5.67. The number of carbonyl (C=O) groups excluding carboxylic acids is 1. The molecule has 0 bridgehead atoms. The van der Waals surface area contributed by atoms with Crippen molar-refractivity contribution in [2.24, 2.45) is 10.9 Å². The van der Waals surface area contributed by atoms with E-state index < -0.39 is 0 Å². The Morgan fingerprint density at radius 3 is 2.50 bits per heavy atom. The quantitative estimate of drug-likeness (QED) is 0.464. The Bertz CT molecular complexity index is 189. The molecule has 1 aliphatic heterocycles. The SMILES string of the molecule is CC(C)(N=C=O)C1CCOCC1. The Morgan fingerprint density at radius 1 is 1.42 bits per heavy atom. The van der Waals surface area contributed by atoms with Gasteiger partial charge < -0.3 is 4.74 Å².